The third kappa shape index (κ3) is 5.10. The molecule has 4 nitrogen and oxygen atoms in total. The molecule has 1 aromatic carbocycles. The molecule has 2 aliphatic heterocycles. The molecule has 0 N–H and O–H groups in total. The second-order valence-corrected chi connectivity index (χ2v) is 9.30. The summed E-state index contributed by atoms with van der Waals surface area (Å²) in [7, 11) is 0. The molecular weight excluding hydrogens is 397 g/mol. The van der Waals surface area contributed by atoms with Crippen LogP contribution in [-0.2, 0) is 11.3 Å². The number of hydrogen-bond acceptors (Lipinski definition) is 4. The zero-order valence-electron chi connectivity index (χ0n) is 17.2. The van der Waals surface area contributed by atoms with Gasteiger partial charge in [0.15, 0.2) is 0 Å². The maximum Gasteiger partial charge on any atom is 0.225 e. The first kappa shape index (κ1) is 21.0. The van der Waals surface area contributed by atoms with Gasteiger partial charge in [-0.15, -0.1) is 17.8 Å². The lowest BCUT2D eigenvalue weighted by Gasteiger charge is -2.38. The van der Waals surface area contributed by atoms with Crippen molar-refractivity contribution in [1.29, 1.82) is 0 Å². The highest BCUT2D eigenvalue weighted by Crippen LogP contribution is 2.29. The van der Waals surface area contributed by atoms with E-state index >= 15 is 0 Å². The molecule has 158 valence electrons. The summed E-state index contributed by atoms with van der Waals surface area (Å²) in [5.74, 6) is 2.96. The molecule has 0 atom stereocenters. The molecule has 0 aliphatic carbocycles. The molecule has 2 aliphatic rings. The molecule has 0 spiro atoms. The lowest BCUT2D eigenvalue weighted by atomic mass is 9.95. The summed E-state index contributed by atoms with van der Waals surface area (Å²) >= 11 is 1.71. The normalized spacial score (nSPS) is 19.0. The number of amides is 1. The maximum absolute atomic E-state index is 13.5. The van der Waals surface area contributed by atoms with Crippen LogP contribution in [0, 0.1) is 24.1 Å². The average molecular weight is 426 g/mol. The third-order valence-corrected chi connectivity index (χ3v) is 7.20. The zero-order valence-corrected chi connectivity index (χ0v) is 18.0. The van der Waals surface area contributed by atoms with Crippen molar-refractivity contribution in [2.75, 3.05) is 45.8 Å². The first-order valence-corrected chi connectivity index (χ1v) is 11.5. The van der Waals surface area contributed by atoms with Gasteiger partial charge in [-0.1, -0.05) is 18.1 Å². The van der Waals surface area contributed by atoms with Gasteiger partial charge in [0.05, 0.1) is 6.54 Å². The fraction of sp³-hybridized carbons (Fsp3) is 0.458. The summed E-state index contributed by atoms with van der Waals surface area (Å²) in [5, 5.41) is 0. The van der Waals surface area contributed by atoms with E-state index in [1.54, 1.807) is 23.5 Å². The summed E-state index contributed by atoms with van der Waals surface area (Å²) in [6.45, 7) is 6.80. The molecule has 0 unspecified atom stereocenters. The van der Waals surface area contributed by atoms with Gasteiger partial charge in [-0.25, -0.2) is 4.39 Å². The number of carbonyl (C=O) groups is 1. The Kier molecular flexibility index (Phi) is 6.83. The molecule has 3 heterocycles. The number of thiophene rings is 1. The minimum absolute atomic E-state index is 0.150. The molecule has 1 amide bonds. The van der Waals surface area contributed by atoms with Gasteiger partial charge in [0.2, 0.25) is 5.91 Å². The maximum atomic E-state index is 13.5. The predicted octanol–water partition coefficient (Wildman–Crippen LogP) is 3.54. The molecule has 2 fully saturated rings. The summed E-state index contributed by atoms with van der Waals surface area (Å²) in [6.07, 6.45) is 7.22. The number of carbonyl (C=O) groups excluding carboxylic acids is 1. The van der Waals surface area contributed by atoms with E-state index in [1.165, 1.54) is 10.9 Å². The van der Waals surface area contributed by atoms with E-state index in [4.69, 9.17) is 6.42 Å². The van der Waals surface area contributed by atoms with E-state index in [9.17, 15) is 9.18 Å². The third-order valence-electron chi connectivity index (χ3n) is 6.09. The average Bonchev–Trinajstić information content (AvgIpc) is 3.23. The van der Waals surface area contributed by atoms with E-state index in [1.807, 2.05) is 11.0 Å². The summed E-state index contributed by atoms with van der Waals surface area (Å²) in [4.78, 5) is 22.0. The van der Waals surface area contributed by atoms with Crippen LogP contribution in [-0.4, -0.2) is 66.4 Å². The number of benzene rings is 1. The lowest BCUT2D eigenvalue weighted by Crippen LogP contribution is -2.51. The van der Waals surface area contributed by atoms with E-state index < -0.39 is 0 Å². The van der Waals surface area contributed by atoms with Gasteiger partial charge in [-0.05, 0) is 55.8 Å². The molecule has 2 saturated heterocycles. The first-order chi connectivity index (χ1) is 14.6. The number of halogens is 1. The van der Waals surface area contributed by atoms with Crippen LogP contribution in [0.15, 0.2) is 36.4 Å². The topological polar surface area (TPSA) is 26.8 Å². The van der Waals surface area contributed by atoms with Crippen LogP contribution < -0.4 is 0 Å². The lowest BCUT2D eigenvalue weighted by molar-refractivity contribution is -0.138. The number of terminal acetylenes is 1. The molecule has 0 bridgehead atoms. The SMILES string of the molecule is C#CCN1CCC(C(=O)N2CCN(Cc3ccc(-c4cccc(F)c4)s3)CC2)CC1. The van der Waals surface area contributed by atoms with Gasteiger partial charge >= 0.3 is 0 Å². The number of hydrogen-bond donors (Lipinski definition) is 0. The van der Waals surface area contributed by atoms with Crippen molar-refractivity contribution in [3.05, 3.63) is 47.1 Å². The fourth-order valence-electron chi connectivity index (χ4n) is 4.33. The number of rotatable bonds is 5. The minimum atomic E-state index is -0.204. The minimum Gasteiger partial charge on any atom is -0.340 e. The number of piperidine rings is 1. The quantitative estimate of drug-likeness (QED) is 0.686. The Morgan fingerprint density at radius 1 is 1.07 bits per heavy atom. The Morgan fingerprint density at radius 2 is 1.83 bits per heavy atom. The van der Waals surface area contributed by atoms with Gasteiger partial charge in [0.1, 0.15) is 5.82 Å². The van der Waals surface area contributed by atoms with Crippen LogP contribution in [0.5, 0.6) is 0 Å². The smallest absolute Gasteiger partial charge is 0.225 e. The van der Waals surface area contributed by atoms with Gasteiger partial charge in [-0.2, -0.15) is 0 Å². The number of nitrogens with zero attached hydrogens (tertiary/aromatic N) is 3. The molecule has 0 saturated carbocycles. The summed E-state index contributed by atoms with van der Waals surface area (Å²) in [5.41, 5.74) is 0.926. The summed E-state index contributed by atoms with van der Waals surface area (Å²) < 4.78 is 13.5. The Morgan fingerprint density at radius 3 is 2.53 bits per heavy atom. The zero-order chi connectivity index (χ0) is 20.9. The Labute approximate surface area is 182 Å². The van der Waals surface area contributed by atoms with E-state index in [2.05, 4.69) is 27.9 Å². The monoisotopic (exact) mass is 425 g/mol. The second kappa shape index (κ2) is 9.74. The first-order valence-electron chi connectivity index (χ1n) is 10.6. The van der Waals surface area contributed by atoms with Crippen molar-refractivity contribution in [2.24, 2.45) is 5.92 Å². The molecule has 30 heavy (non-hydrogen) atoms. The van der Waals surface area contributed by atoms with Crippen LogP contribution in [0.2, 0.25) is 0 Å². The van der Waals surface area contributed by atoms with Crippen molar-refractivity contribution < 1.29 is 9.18 Å². The van der Waals surface area contributed by atoms with Crippen LogP contribution in [0.1, 0.15) is 17.7 Å². The predicted molar refractivity (Wildman–Crippen MR) is 120 cm³/mol. The van der Waals surface area contributed by atoms with Crippen molar-refractivity contribution in [1.82, 2.24) is 14.7 Å². The highest BCUT2D eigenvalue weighted by atomic mass is 32.1. The Hall–Kier alpha value is -2.20. The fourth-order valence-corrected chi connectivity index (χ4v) is 5.38. The molecular formula is C24H28FN3OS. The summed E-state index contributed by atoms with van der Waals surface area (Å²) in [6, 6.07) is 10.9. The van der Waals surface area contributed by atoms with Gasteiger partial charge in [-0.3, -0.25) is 14.6 Å². The highest BCUT2D eigenvalue weighted by molar-refractivity contribution is 7.15. The van der Waals surface area contributed by atoms with Gasteiger partial charge in [0, 0.05) is 48.4 Å². The van der Waals surface area contributed by atoms with Crippen molar-refractivity contribution in [3.8, 4) is 22.8 Å². The second-order valence-electron chi connectivity index (χ2n) is 8.13. The van der Waals surface area contributed by atoms with Crippen LogP contribution >= 0.6 is 11.3 Å². The standard InChI is InChI=1S/C24H28FN3OS/c1-2-10-26-11-8-19(9-12-26)24(29)28-15-13-27(14-16-28)18-22-6-7-23(30-22)20-4-3-5-21(25)17-20/h1,3-7,17,19H,8-16,18H2. The van der Waals surface area contributed by atoms with E-state index in [0.717, 1.165) is 69.1 Å². The van der Waals surface area contributed by atoms with Crippen molar-refractivity contribution in [2.45, 2.75) is 19.4 Å². The molecule has 4 rings (SSSR count). The molecule has 1 aromatic heterocycles. The Bertz CT molecular complexity index is 905. The van der Waals surface area contributed by atoms with Crippen molar-refractivity contribution in [3.63, 3.8) is 0 Å². The van der Waals surface area contributed by atoms with Crippen LogP contribution in [0.25, 0.3) is 10.4 Å². The number of likely N-dealkylation sites (tertiary alicyclic amines) is 1. The van der Waals surface area contributed by atoms with Gasteiger partial charge < -0.3 is 4.90 Å². The highest BCUT2D eigenvalue weighted by Gasteiger charge is 2.30. The number of piperazine rings is 1. The van der Waals surface area contributed by atoms with Crippen LogP contribution in [0.4, 0.5) is 4.39 Å². The molecule has 2 aromatic rings. The van der Waals surface area contributed by atoms with E-state index in [0.29, 0.717) is 12.5 Å². The van der Waals surface area contributed by atoms with Crippen LogP contribution in [0.3, 0.4) is 0 Å². The van der Waals surface area contributed by atoms with E-state index in [-0.39, 0.29) is 11.7 Å². The largest absolute Gasteiger partial charge is 0.340 e. The molecule has 6 heteroatoms. The molecule has 0 radical (unpaired) electrons. The Balaban J connectivity index is 1.25. The van der Waals surface area contributed by atoms with Gasteiger partial charge in [0.25, 0.3) is 0 Å². The van der Waals surface area contributed by atoms with Crippen molar-refractivity contribution >= 4 is 17.2 Å².